The van der Waals surface area contributed by atoms with E-state index in [0.717, 1.165) is 39.0 Å². The van der Waals surface area contributed by atoms with Gasteiger partial charge in [0.05, 0.1) is 13.2 Å². The van der Waals surface area contributed by atoms with Gasteiger partial charge in [0.2, 0.25) is 0 Å². The van der Waals surface area contributed by atoms with Crippen LogP contribution >= 0.6 is 11.6 Å². The van der Waals surface area contributed by atoms with Crippen molar-refractivity contribution in [1.82, 2.24) is 25.5 Å². The van der Waals surface area contributed by atoms with Crippen molar-refractivity contribution in [3.8, 4) is 0 Å². The smallest absolute Gasteiger partial charge is 0.273 e. The number of nitrogens with one attached hydrogen (secondary N) is 2. The molecular weight excluding hydrogens is 382 g/mol. The summed E-state index contributed by atoms with van der Waals surface area (Å²) in [6.45, 7) is 6.39. The first-order valence-electron chi connectivity index (χ1n) is 9.64. The third kappa shape index (κ3) is 4.48. The number of aliphatic hydroxyl groups is 1. The molecule has 0 bridgehead atoms. The molecule has 0 radical (unpaired) electrons. The molecular formula is C18H28ClN7O2. The number of nitrogen functional groups attached to an aromatic ring is 1. The largest absolute Gasteiger partial charge is 0.395 e. The zero-order valence-corrected chi connectivity index (χ0v) is 16.9. The SMILES string of the molecule is C/C=C1\CN(c2nc(N)c(C(=O)NCCO)nc2Cl)CCN1C1CCNCC1. The number of hydrogen-bond acceptors (Lipinski definition) is 8. The van der Waals surface area contributed by atoms with E-state index in [9.17, 15) is 4.79 Å². The summed E-state index contributed by atoms with van der Waals surface area (Å²) in [5, 5.41) is 14.9. The molecule has 0 saturated carbocycles. The van der Waals surface area contributed by atoms with Crippen molar-refractivity contribution in [2.24, 2.45) is 0 Å². The van der Waals surface area contributed by atoms with Crippen molar-refractivity contribution in [1.29, 1.82) is 0 Å². The molecule has 1 aromatic rings. The molecule has 28 heavy (non-hydrogen) atoms. The lowest BCUT2D eigenvalue weighted by atomic mass is 10.0. The third-order valence-corrected chi connectivity index (χ3v) is 5.44. The Morgan fingerprint density at radius 3 is 2.82 bits per heavy atom. The van der Waals surface area contributed by atoms with Crippen LogP contribution in [0.3, 0.4) is 0 Å². The van der Waals surface area contributed by atoms with Gasteiger partial charge in [-0.2, -0.15) is 0 Å². The number of piperazine rings is 1. The van der Waals surface area contributed by atoms with Gasteiger partial charge in [-0.25, -0.2) is 9.97 Å². The fourth-order valence-corrected chi connectivity index (χ4v) is 4.00. The molecule has 3 rings (SSSR count). The first kappa shape index (κ1) is 20.6. The number of amides is 1. The lowest BCUT2D eigenvalue weighted by Crippen LogP contribution is -2.51. The lowest BCUT2D eigenvalue weighted by Gasteiger charge is -2.44. The molecule has 0 spiro atoms. The number of allylic oxidation sites excluding steroid dienone is 1. The summed E-state index contributed by atoms with van der Waals surface area (Å²) in [4.78, 5) is 25.1. The van der Waals surface area contributed by atoms with Crippen LogP contribution in [-0.2, 0) is 0 Å². The van der Waals surface area contributed by atoms with E-state index in [1.54, 1.807) is 0 Å². The minimum atomic E-state index is -0.502. The molecule has 2 aliphatic heterocycles. The van der Waals surface area contributed by atoms with E-state index in [4.69, 9.17) is 22.4 Å². The number of carbonyl (C=O) groups is 1. The Bertz CT molecular complexity index is 737. The van der Waals surface area contributed by atoms with E-state index < -0.39 is 5.91 Å². The predicted molar refractivity (Wildman–Crippen MR) is 109 cm³/mol. The maximum atomic E-state index is 12.1. The van der Waals surface area contributed by atoms with E-state index in [1.165, 1.54) is 5.70 Å². The van der Waals surface area contributed by atoms with Crippen molar-refractivity contribution < 1.29 is 9.90 Å². The summed E-state index contributed by atoms with van der Waals surface area (Å²) in [5.74, 6) is 0.0113. The summed E-state index contributed by atoms with van der Waals surface area (Å²) in [6, 6.07) is 0.554. The highest BCUT2D eigenvalue weighted by atomic mass is 35.5. The Hall–Kier alpha value is -2.10. The number of aliphatic hydroxyl groups excluding tert-OH is 1. The van der Waals surface area contributed by atoms with Gasteiger partial charge in [-0.3, -0.25) is 4.79 Å². The Balaban J connectivity index is 1.75. The van der Waals surface area contributed by atoms with Crippen molar-refractivity contribution in [3.63, 3.8) is 0 Å². The average Bonchev–Trinajstić information content (AvgIpc) is 2.73. The van der Waals surface area contributed by atoms with Gasteiger partial charge < -0.3 is 31.3 Å². The molecule has 154 valence electrons. The standard InChI is InChI=1S/C18H28ClN7O2/c1-2-12-11-25(8-9-26(12)13-3-5-21-6-4-13)17-15(19)23-14(16(20)24-17)18(28)22-7-10-27/h2,13,21,27H,3-11H2,1H3,(H2,20,24)(H,22,28)/b12-2+. The molecule has 2 aliphatic rings. The van der Waals surface area contributed by atoms with Gasteiger partial charge in [0.15, 0.2) is 22.5 Å². The van der Waals surface area contributed by atoms with E-state index in [0.29, 0.717) is 18.4 Å². The third-order valence-electron chi connectivity index (χ3n) is 5.19. The van der Waals surface area contributed by atoms with Crippen LogP contribution in [0.4, 0.5) is 11.6 Å². The highest BCUT2D eigenvalue weighted by Gasteiger charge is 2.30. The quantitative estimate of drug-likeness (QED) is 0.545. The second-order valence-corrected chi connectivity index (χ2v) is 7.29. The molecule has 3 heterocycles. The van der Waals surface area contributed by atoms with Gasteiger partial charge in [0, 0.05) is 31.4 Å². The number of nitrogens with zero attached hydrogens (tertiary/aromatic N) is 4. The molecule has 2 saturated heterocycles. The minimum Gasteiger partial charge on any atom is -0.395 e. The second kappa shape index (κ2) is 9.40. The average molecular weight is 410 g/mol. The maximum Gasteiger partial charge on any atom is 0.273 e. The Kier molecular flexibility index (Phi) is 6.93. The Labute approximate surface area is 169 Å². The first-order chi connectivity index (χ1) is 13.5. The molecule has 5 N–H and O–H groups in total. The fraction of sp³-hybridized carbons (Fsp3) is 0.611. The number of anilines is 2. The summed E-state index contributed by atoms with van der Waals surface area (Å²) in [5.41, 5.74) is 7.18. The summed E-state index contributed by atoms with van der Waals surface area (Å²) in [6.07, 6.45) is 4.42. The Morgan fingerprint density at radius 2 is 2.14 bits per heavy atom. The van der Waals surface area contributed by atoms with Crippen LogP contribution in [0.15, 0.2) is 11.8 Å². The summed E-state index contributed by atoms with van der Waals surface area (Å²) >= 11 is 6.35. The predicted octanol–water partition coefficient (Wildman–Crippen LogP) is 0.212. The number of carbonyl (C=O) groups excluding carboxylic acids is 1. The molecule has 1 aromatic heterocycles. The monoisotopic (exact) mass is 409 g/mol. The van der Waals surface area contributed by atoms with Crippen LogP contribution in [-0.4, -0.2) is 77.8 Å². The zero-order chi connectivity index (χ0) is 20.1. The molecule has 2 fully saturated rings. The van der Waals surface area contributed by atoms with Crippen LogP contribution in [0, 0.1) is 0 Å². The van der Waals surface area contributed by atoms with Gasteiger partial charge in [0.25, 0.3) is 5.91 Å². The second-order valence-electron chi connectivity index (χ2n) is 6.93. The summed E-state index contributed by atoms with van der Waals surface area (Å²) in [7, 11) is 0. The van der Waals surface area contributed by atoms with Crippen molar-refractivity contribution in [2.45, 2.75) is 25.8 Å². The van der Waals surface area contributed by atoms with Crippen LogP contribution < -0.4 is 21.3 Å². The van der Waals surface area contributed by atoms with Crippen molar-refractivity contribution >= 4 is 29.1 Å². The van der Waals surface area contributed by atoms with Crippen LogP contribution in [0.25, 0.3) is 0 Å². The molecule has 1 amide bonds. The summed E-state index contributed by atoms with van der Waals surface area (Å²) < 4.78 is 0. The molecule has 9 nitrogen and oxygen atoms in total. The fourth-order valence-electron chi connectivity index (χ4n) is 3.75. The van der Waals surface area contributed by atoms with Crippen LogP contribution in [0.5, 0.6) is 0 Å². The zero-order valence-electron chi connectivity index (χ0n) is 16.1. The molecule has 10 heteroatoms. The van der Waals surface area contributed by atoms with Crippen molar-refractivity contribution in [2.75, 3.05) is 56.5 Å². The normalized spacial score (nSPS) is 19.9. The van der Waals surface area contributed by atoms with Crippen molar-refractivity contribution in [3.05, 3.63) is 22.6 Å². The number of piperidine rings is 1. The highest BCUT2D eigenvalue weighted by Crippen LogP contribution is 2.29. The van der Waals surface area contributed by atoms with Gasteiger partial charge in [0.1, 0.15) is 0 Å². The number of rotatable bonds is 5. The molecule has 0 atom stereocenters. The molecule has 0 unspecified atom stereocenters. The van der Waals surface area contributed by atoms with E-state index in [-0.39, 0.29) is 29.8 Å². The van der Waals surface area contributed by atoms with Gasteiger partial charge in [-0.15, -0.1) is 0 Å². The number of aromatic nitrogens is 2. The van der Waals surface area contributed by atoms with E-state index in [2.05, 4.69) is 31.6 Å². The number of hydrogen-bond donors (Lipinski definition) is 4. The minimum absolute atomic E-state index is 0.0256. The van der Waals surface area contributed by atoms with E-state index >= 15 is 0 Å². The van der Waals surface area contributed by atoms with Gasteiger partial charge in [-0.1, -0.05) is 17.7 Å². The lowest BCUT2D eigenvalue weighted by molar-refractivity contribution is 0.0940. The van der Waals surface area contributed by atoms with Gasteiger partial charge >= 0.3 is 0 Å². The van der Waals surface area contributed by atoms with Crippen LogP contribution in [0.2, 0.25) is 5.15 Å². The molecule has 0 aromatic carbocycles. The van der Waals surface area contributed by atoms with E-state index in [1.807, 2.05) is 11.8 Å². The first-order valence-corrected chi connectivity index (χ1v) is 10.0. The topological polar surface area (TPSA) is 120 Å². The number of halogens is 1. The maximum absolute atomic E-state index is 12.1. The van der Waals surface area contributed by atoms with Gasteiger partial charge in [-0.05, 0) is 32.9 Å². The highest BCUT2D eigenvalue weighted by molar-refractivity contribution is 6.32. The molecule has 0 aliphatic carbocycles. The van der Waals surface area contributed by atoms with Crippen LogP contribution in [0.1, 0.15) is 30.3 Å². The number of nitrogens with two attached hydrogens (primary N) is 1. The Morgan fingerprint density at radius 1 is 1.39 bits per heavy atom.